The average molecular weight is 651 g/mol. The highest BCUT2D eigenvalue weighted by Crippen LogP contribution is 2.23. The number of ether oxygens (including phenoxy) is 1. The third kappa shape index (κ3) is 9.51. The number of amides is 4. The Morgan fingerprint density at radius 2 is 1.94 bits per heavy atom. The molecular formula is C32H42N8O7. The SMILES string of the molecule is CCN=C(N)c1ccc(NC(=O)[C@H](O)[C@H]2OCCN(c3cccc(C(=O)N(C)CC(=O)N(CC=O)CCN(C)C)c3)C2=O)cc1C=N. The van der Waals surface area contributed by atoms with Crippen LogP contribution in [0.5, 0.6) is 0 Å². The van der Waals surface area contributed by atoms with Gasteiger partial charge in [0.2, 0.25) is 5.91 Å². The molecule has 4 amide bonds. The number of aldehydes is 1. The molecule has 0 unspecified atom stereocenters. The summed E-state index contributed by atoms with van der Waals surface area (Å²) in [5.41, 5.74) is 7.69. The number of carbonyl (C=O) groups is 5. The van der Waals surface area contributed by atoms with Crippen LogP contribution in [0.25, 0.3) is 0 Å². The minimum Gasteiger partial charge on any atom is -0.383 e. The molecule has 1 fully saturated rings. The molecule has 0 spiro atoms. The molecule has 1 heterocycles. The van der Waals surface area contributed by atoms with Gasteiger partial charge < -0.3 is 50.7 Å². The zero-order valence-electron chi connectivity index (χ0n) is 27.0. The van der Waals surface area contributed by atoms with Gasteiger partial charge in [0.05, 0.1) is 19.7 Å². The first-order valence-electron chi connectivity index (χ1n) is 15.0. The Labute approximate surface area is 273 Å². The van der Waals surface area contributed by atoms with Gasteiger partial charge in [0.1, 0.15) is 12.1 Å². The number of nitrogens with zero attached hydrogens (tertiary/aromatic N) is 5. The smallest absolute Gasteiger partial charge is 0.259 e. The number of benzene rings is 2. The van der Waals surface area contributed by atoms with Crippen LogP contribution < -0.4 is 16.0 Å². The van der Waals surface area contributed by atoms with Crippen LogP contribution in [0.15, 0.2) is 47.5 Å². The van der Waals surface area contributed by atoms with Crippen LogP contribution in [-0.4, -0.2) is 141 Å². The number of aliphatic imine (C=N–C) groups is 1. The Balaban J connectivity index is 1.70. The molecule has 2 aromatic rings. The first kappa shape index (κ1) is 36.5. The van der Waals surface area contributed by atoms with Gasteiger partial charge in [-0.3, -0.25) is 24.2 Å². The first-order chi connectivity index (χ1) is 22.4. The summed E-state index contributed by atoms with van der Waals surface area (Å²) in [6.45, 7) is 2.92. The summed E-state index contributed by atoms with van der Waals surface area (Å²) >= 11 is 0. The number of likely N-dealkylation sites (N-methyl/N-ethyl adjacent to an activating group) is 2. The molecule has 2 atom stereocenters. The van der Waals surface area contributed by atoms with Crippen molar-refractivity contribution in [3.8, 4) is 0 Å². The summed E-state index contributed by atoms with van der Waals surface area (Å²) < 4.78 is 5.51. The van der Waals surface area contributed by atoms with Gasteiger partial charge in [-0.05, 0) is 57.4 Å². The van der Waals surface area contributed by atoms with Gasteiger partial charge >= 0.3 is 0 Å². The Hall–Kier alpha value is -4.99. The zero-order chi connectivity index (χ0) is 34.7. The van der Waals surface area contributed by atoms with E-state index in [1.165, 1.54) is 39.9 Å². The number of aliphatic hydroxyl groups excluding tert-OH is 1. The molecule has 252 valence electrons. The van der Waals surface area contributed by atoms with Crippen LogP contribution in [0.4, 0.5) is 11.4 Å². The van der Waals surface area contributed by atoms with Gasteiger partial charge in [-0.25, -0.2) is 0 Å². The molecule has 5 N–H and O–H groups in total. The minimum absolute atomic E-state index is 0.00945. The normalized spacial score (nSPS) is 15.6. The molecule has 0 aliphatic carbocycles. The van der Waals surface area contributed by atoms with Crippen molar-refractivity contribution in [2.24, 2.45) is 10.7 Å². The predicted molar refractivity (Wildman–Crippen MR) is 177 cm³/mol. The number of nitrogens with one attached hydrogen (secondary N) is 2. The molecule has 3 rings (SSSR count). The van der Waals surface area contributed by atoms with Crippen molar-refractivity contribution in [2.45, 2.75) is 19.1 Å². The van der Waals surface area contributed by atoms with E-state index >= 15 is 0 Å². The second-order valence-corrected chi connectivity index (χ2v) is 11.0. The zero-order valence-corrected chi connectivity index (χ0v) is 27.0. The number of anilines is 2. The maximum atomic E-state index is 13.4. The van der Waals surface area contributed by atoms with Crippen molar-refractivity contribution in [3.05, 3.63) is 59.2 Å². The highest BCUT2D eigenvalue weighted by molar-refractivity contribution is 6.07. The molecule has 1 saturated heterocycles. The van der Waals surface area contributed by atoms with E-state index < -0.39 is 29.9 Å². The van der Waals surface area contributed by atoms with Crippen LogP contribution in [0.2, 0.25) is 0 Å². The monoisotopic (exact) mass is 650 g/mol. The van der Waals surface area contributed by atoms with Crippen molar-refractivity contribution in [2.75, 3.05) is 77.2 Å². The Morgan fingerprint density at radius 3 is 2.60 bits per heavy atom. The largest absolute Gasteiger partial charge is 0.383 e. The van der Waals surface area contributed by atoms with Crippen molar-refractivity contribution < 1.29 is 33.8 Å². The highest BCUT2D eigenvalue weighted by atomic mass is 16.5. The second-order valence-electron chi connectivity index (χ2n) is 11.0. The van der Waals surface area contributed by atoms with Gasteiger partial charge in [0.25, 0.3) is 17.7 Å². The van der Waals surface area contributed by atoms with Crippen molar-refractivity contribution >= 4 is 53.3 Å². The van der Waals surface area contributed by atoms with Gasteiger partial charge in [0, 0.05) is 67.5 Å². The lowest BCUT2D eigenvalue weighted by Crippen LogP contribution is -2.55. The lowest BCUT2D eigenvalue weighted by Gasteiger charge is -2.34. The van der Waals surface area contributed by atoms with Gasteiger partial charge in [-0.1, -0.05) is 6.07 Å². The first-order valence-corrected chi connectivity index (χ1v) is 15.0. The van der Waals surface area contributed by atoms with Crippen LogP contribution in [0.3, 0.4) is 0 Å². The molecule has 47 heavy (non-hydrogen) atoms. The third-order valence-electron chi connectivity index (χ3n) is 7.34. The second kappa shape index (κ2) is 17.1. The van der Waals surface area contributed by atoms with E-state index in [2.05, 4.69) is 10.3 Å². The van der Waals surface area contributed by atoms with Gasteiger partial charge in [-0.15, -0.1) is 0 Å². The Bertz CT molecular complexity index is 1510. The Kier molecular flexibility index (Phi) is 13.3. The fraction of sp³-hybridized carbons (Fsp3) is 0.406. The summed E-state index contributed by atoms with van der Waals surface area (Å²) in [6, 6.07) is 10.8. The van der Waals surface area contributed by atoms with Crippen molar-refractivity contribution in [1.29, 1.82) is 5.41 Å². The molecule has 0 radical (unpaired) electrons. The van der Waals surface area contributed by atoms with E-state index in [0.717, 1.165) is 6.21 Å². The van der Waals surface area contributed by atoms with Crippen LogP contribution in [0, 0.1) is 5.41 Å². The molecule has 2 aromatic carbocycles. The lowest BCUT2D eigenvalue weighted by atomic mass is 10.1. The number of hydrogen-bond acceptors (Lipinski definition) is 10. The molecule has 1 aliphatic rings. The number of rotatable bonds is 15. The maximum Gasteiger partial charge on any atom is 0.259 e. The quantitative estimate of drug-likeness (QED) is 0.114. The fourth-order valence-corrected chi connectivity index (χ4v) is 4.82. The summed E-state index contributed by atoms with van der Waals surface area (Å²) in [6.07, 6.45) is -1.70. The van der Waals surface area contributed by atoms with E-state index in [-0.39, 0.29) is 49.2 Å². The molecular weight excluding hydrogens is 608 g/mol. The number of hydrogen-bond donors (Lipinski definition) is 4. The maximum absolute atomic E-state index is 13.4. The van der Waals surface area contributed by atoms with E-state index in [1.54, 1.807) is 24.3 Å². The van der Waals surface area contributed by atoms with Crippen molar-refractivity contribution in [1.82, 2.24) is 14.7 Å². The number of morpholine rings is 1. The van der Waals surface area contributed by atoms with E-state index in [1.807, 2.05) is 25.9 Å². The van der Waals surface area contributed by atoms with Gasteiger partial charge in [0.15, 0.2) is 12.2 Å². The van der Waals surface area contributed by atoms with Crippen LogP contribution in [-0.2, 0) is 23.9 Å². The van der Waals surface area contributed by atoms with E-state index in [4.69, 9.17) is 15.9 Å². The van der Waals surface area contributed by atoms with E-state index in [0.29, 0.717) is 42.7 Å². The molecule has 15 nitrogen and oxygen atoms in total. The Morgan fingerprint density at radius 1 is 1.19 bits per heavy atom. The lowest BCUT2D eigenvalue weighted by molar-refractivity contribution is -0.150. The summed E-state index contributed by atoms with van der Waals surface area (Å²) in [7, 11) is 5.16. The average Bonchev–Trinajstić information content (AvgIpc) is 3.05. The van der Waals surface area contributed by atoms with Crippen LogP contribution in [0.1, 0.15) is 28.4 Å². The van der Waals surface area contributed by atoms with Crippen molar-refractivity contribution in [3.63, 3.8) is 0 Å². The topological polar surface area (TPSA) is 202 Å². The summed E-state index contributed by atoms with van der Waals surface area (Å²) in [4.78, 5) is 73.5. The number of amidine groups is 1. The molecule has 0 saturated carbocycles. The molecule has 15 heteroatoms. The summed E-state index contributed by atoms with van der Waals surface area (Å²) in [5.74, 6) is -2.20. The molecule has 0 bridgehead atoms. The fourth-order valence-electron chi connectivity index (χ4n) is 4.82. The van der Waals surface area contributed by atoms with E-state index in [9.17, 15) is 29.1 Å². The highest BCUT2D eigenvalue weighted by Gasteiger charge is 2.39. The number of nitrogens with two attached hydrogens (primary N) is 1. The predicted octanol–water partition coefficient (Wildman–Crippen LogP) is -0.198. The summed E-state index contributed by atoms with van der Waals surface area (Å²) in [5, 5.41) is 21.1. The molecule has 0 aromatic heterocycles. The number of aliphatic hydroxyl groups is 1. The minimum atomic E-state index is -1.87. The standard InChI is InChI=1S/C32H42N8O7/c1-5-35-29(34)25-10-9-23(17-22(25)19-33)36-30(44)27(43)28-32(46)40(14-16-47-28)24-8-6-7-21(18-24)31(45)38(4)20-26(42)39(13-15-41)12-11-37(2)3/h6-10,15,17-19,27-28,33,43H,5,11-14,16,20H2,1-4H3,(H2,34,35)(H,36,44)/t27-,28-/m1/s1. The third-order valence-corrected chi connectivity index (χ3v) is 7.34. The van der Waals surface area contributed by atoms with Crippen LogP contribution >= 0.6 is 0 Å². The van der Waals surface area contributed by atoms with Gasteiger partial charge in [-0.2, -0.15) is 0 Å². The number of carbonyl (C=O) groups excluding carboxylic acids is 5. The molecule has 1 aliphatic heterocycles.